The number of benzene rings is 2. The highest BCUT2D eigenvalue weighted by atomic mass is 16.5. The topological polar surface area (TPSA) is 39.4 Å². The van der Waals surface area contributed by atoms with Crippen molar-refractivity contribution in [1.82, 2.24) is 0 Å². The summed E-state index contributed by atoms with van der Waals surface area (Å²) in [7, 11) is 0. The first-order chi connectivity index (χ1) is 12.2. The van der Waals surface area contributed by atoms with E-state index in [-0.39, 0.29) is 11.0 Å². The van der Waals surface area contributed by atoms with Gasteiger partial charge in [-0.3, -0.25) is 0 Å². The Hall–Kier alpha value is -2.55. The Kier molecular flexibility index (Phi) is 4.66. The molecule has 0 spiro atoms. The van der Waals surface area contributed by atoms with Crippen LogP contribution in [0.15, 0.2) is 45.6 Å². The normalized spacial score (nSPS) is 11.8. The summed E-state index contributed by atoms with van der Waals surface area (Å²) in [6.07, 6.45) is 0. The summed E-state index contributed by atoms with van der Waals surface area (Å²) in [4.78, 5) is 12.0. The number of ether oxygens (including phenoxy) is 1. The average molecular weight is 350 g/mol. The maximum atomic E-state index is 12.0. The Morgan fingerprint density at radius 2 is 1.54 bits per heavy atom. The van der Waals surface area contributed by atoms with Gasteiger partial charge < -0.3 is 9.15 Å². The maximum absolute atomic E-state index is 12.0. The van der Waals surface area contributed by atoms with E-state index in [9.17, 15) is 4.79 Å². The number of hydrogen-bond donors (Lipinski definition) is 0. The molecule has 0 aliphatic rings. The van der Waals surface area contributed by atoms with Crippen LogP contribution < -0.4 is 10.4 Å². The van der Waals surface area contributed by atoms with Crippen molar-refractivity contribution in [2.24, 2.45) is 0 Å². The SMILES string of the molecule is Cc1c(C)c2ccc(OCc3ccc(C(C)(C)C)cc3)c(C)c2oc1=O. The summed E-state index contributed by atoms with van der Waals surface area (Å²) in [6, 6.07) is 12.4. The van der Waals surface area contributed by atoms with Crippen LogP contribution in [0.4, 0.5) is 0 Å². The molecule has 1 heterocycles. The standard InChI is InChI=1S/C23H26O3/c1-14-15(2)22(24)26-21-16(3)20(12-11-19(14)21)25-13-17-7-9-18(10-8-17)23(4,5)6/h7-12H,13H2,1-6H3. The van der Waals surface area contributed by atoms with Gasteiger partial charge >= 0.3 is 5.63 Å². The fourth-order valence-electron chi connectivity index (χ4n) is 3.04. The largest absolute Gasteiger partial charge is 0.488 e. The van der Waals surface area contributed by atoms with Gasteiger partial charge in [0.05, 0.1) is 0 Å². The first-order valence-corrected chi connectivity index (χ1v) is 8.94. The molecule has 3 rings (SSSR count). The molecule has 136 valence electrons. The van der Waals surface area contributed by atoms with Crippen molar-refractivity contribution < 1.29 is 9.15 Å². The van der Waals surface area contributed by atoms with Gasteiger partial charge in [-0.2, -0.15) is 0 Å². The van der Waals surface area contributed by atoms with Crippen LogP contribution in [0.2, 0.25) is 0 Å². The molecule has 3 nitrogen and oxygen atoms in total. The molecule has 0 aliphatic carbocycles. The molecule has 0 radical (unpaired) electrons. The zero-order valence-corrected chi connectivity index (χ0v) is 16.4. The molecule has 0 fully saturated rings. The van der Waals surface area contributed by atoms with Gasteiger partial charge in [0.1, 0.15) is 17.9 Å². The van der Waals surface area contributed by atoms with Crippen LogP contribution in [-0.4, -0.2) is 0 Å². The highest BCUT2D eigenvalue weighted by molar-refractivity contribution is 5.85. The first-order valence-electron chi connectivity index (χ1n) is 8.94. The predicted molar refractivity (Wildman–Crippen MR) is 106 cm³/mol. The molecular formula is C23H26O3. The number of aryl methyl sites for hydroxylation is 2. The molecule has 0 amide bonds. The molecule has 0 unspecified atom stereocenters. The number of fused-ring (bicyclic) bond motifs is 1. The zero-order valence-electron chi connectivity index (χ0n) is 16.4. The van der Waals surface area contributed by atoms with Crippen LogP contribution in [-0.2, 0) is 12.0 Å². The minimum absolute atomic E-state index is 0.141. The number of hydrogen-bond acceptors (Lipinski definition) is 3. The lowest BCUT2D eigenvalue weighted by Crippen LogP contribution is -2.11. The van der Waals surface area contributed by atoms with E-state index in [1.54, 1.807) is 6.92 Å². The van der Waals surface area contributed by atoms with Gasteiger partial charge in [0.25, 0.3) is 0 Å². The molecule has 1 aromatic heterocycles. The molecule has 0 saturated carbocycles. The van der Waals surface area contributed by atoms with E-state index < -0.39 is 0 Å². The Labute approximate surface area is 154 Å². The third-order valence-corrected chi connectivity index (χ3v) is 5.04. The van der Waals surface area contributed by atoms with Crippen LogP contribution >= 0.6 is 0 Å². The van der Waals surface area contributed by atoms with E-state index in [1.165, 1.54) is 5.56 Å². The van der Waals surface area contributed by atoms with Gasteiger partial charge in [0.2, 0.25) is 0 Å². The van der Waals surface area contributed by atoms with Crippen molar-refractivity contribution in [1.29, 1.82) is 0 Å². The lowest BCUT2D eigenvalue weighted by molar-refractivity contribution is 0.304. The molecule has 0 atom stereocenters. The van der Waals surface area contributed by atoms with E-state index in [0.717, 1.165) is 27.8 Å². The Morgan fingerprint density at radius 1 is 0.885 bits per heavy atom. The second-order valence-corrected chi connectivity index (χ2v) is 7.94. The molecule has 0 N–H and O–H groups in total. The second kappa shape index (κ2) is 6.64. The smallest absolute Gasteiger partial charge is 0.339 e. The van der Waals surface area contributed by atoms with Crippen molar-refractivity contribution >= 4 is 11.0 Å². The van der Waals surface area contributed by atoms with Crippen LogP contribution in [0, 0.1) is 20.8 Å². The third kappa shape index (κ3) is 3.39. The van der Waals surface area contributed by atoms with Gasteiger partial charge in [-0.15, -0.1) is 0 Å². The van der Waals surface area contributed by atoms with Gasteiger partial charge in [0.15, 0.2) is 0 Å². The van der Waals surface area contributed by atoms with Crippen molar-refractivity contribution in [2.75, 3.05) is 0 Å². The van der Waals surface area contributed by atoms with Gasteiger partial charge in [0, 0.05) is 16.5 Å². The zero-order chi connectivity index (χ0) is 19.1. The van der Waals surface area contributed by atoms with E-state index in [2.05, 4.69) is 45.0 Å². The summed E-state index contributed by atoms with van der Waals surface area (Å²) < 4.78 is 11.5. The summed E-state index contributed by atoms with van der Waals surface area (Å²) in [5.41, 5.74) is 5.35. The number of rotatable bonds is 3. The van der Waals surface area contributed by atoms with Gasteiger partial charge in [-0.05, 0) is 55.0 Å². The fourth-order valence-corrected chi connectivity index (χ4v) is 3.04. The summed E-state index contributed by atoms with van der Waals surface area (Å²) >= 11 is 0. The second-order valence-electron chi connectivity index (χ2n) is 7.94. The quantitative estimate of drug-likeness (QED) is 0.578. The van der Waals surface area contributed by atoms with Crippen LogP contribution in [0.5, 0.6) is 5.75 Å². The van der Waals surface area contributed by atoms with Crippen LogP contribution in [0.25, 0.3) is 11.0 Å². The summed E-state index contributed by atoms with van der Waals surface area (Å²) in [6.45, 7) is 12.8. The molecule has 0 saturated heterocycles. The van der Waals surface area contributed by atoms with Crippen LogP contribution in [0.1, 0.15) is 48.6 Å². The third-order valence-electron chi connectivity index (χ3n) is 5.04. The molecule has 26 heavy (non-hydrogen) atoms. The van der Waals surface area contributed by atoms with Gasteiger partial charge in [-0.25, -0.2) is 4.79 Å². The maximum Gasteiger partial charge on any atom is 0.339 e. The summed E-state index contributed by atoms with van der Waals surface area (Å²) in [5, 5.41) is 0.960. The minimum Gasteiger partial charge on any atom is -0.488 e. The van der Waals surface area contributed by atoms with Crippen molar-refractivity contribution in [2.45, 2.75) is 53.6 Å². The van der Waals surface area contributed by atoms with Crippen molar-refractivity contribution in [3.8, 4) is 5.75 Å². The molecular weight excluding hydrogens is 324 g/mol. The Balaban J connectivity index is 1.87. The molecule has 3 aromatic rings. The van der Waals surface area contributed by atoms with E-state index in [4.69, 9.17) is 9.15 Å². The lowest BCUT2D eigenvalue weighted by atomic mass is 9.87. The summed E-state index contributed by atoms with van der Waals surface area (Å²) in [5.74, 6) is 0.740. The van der Waals surface area contributed by atoms with Crippen LogP contribution in [0.3, 0.4) is 0 Å². The first kappa shape index (κ1) is 18.2. The highest BCUT2D eigenvalue weighted by Crippen LogP contribution is 2.30. The van der Waals surface area contributed by atoms with Gasteiger partial charge in [-0.1, -0.05) is 45.0 Å². The Bertz CT molecular complexity index is 1000. The lowest BCUT2D eigenvalue weighted by Gasteiger charge is -2.19. The predicted octanol–water partition coefficient (Wildman–Crippen LogP) is 5.59. The van der Waals surface area contributed by atoms with E-state index in [1.807, 2.05) is 26.0 Å². The van der Waals surface area contributed by atoms with Crippen molar-refractivity contribution in [3.63, 3.8) is 0 Å². The monoisotopic (exact) mass is 350 g/mol. The fraction of sp³-hybridized carbons (Fsp3) is 0.348. The van der Waals surface area contributed by atoms with Crippen molar-refractivity contribution in [3.05, 3.63) is 74.6 Å². The molecule has 3 heteroatoms. The van der Waals surface area contributed by atoms with E-state index in [0.29, 0.717) is 17.8 Å². The Morgan fingerprint density at radius 3 is 2.15 bits per heavy atom. The molecule has 0 bridgehead atoms. The highest BCUT2D eigenvalue weighted by Gasteiger charge is 2.14. The molecule has 2 aromatic carbocycles. The molecule has 0 aliphatic heterocycles. The van der Waals surface area contributed by atoms with E-state index >= 15 is 0 Å². The minimum atomic E-state index is -0.284. The average Bonchev–Trinajstić information content (AvgIpc) is 2.59.